The molecule has 11 heteroatoms. The Morgan fingerprint density at radius 3 is 2.55 bits per heavy atom. The van der Waals surface area contributed by atoms with Crippen LogP contribution in [0.25, 0.3) is 5.78 Å². The number of amides is 1. The second kappa shape index (κ2) is 8.09. The van der Waals surface area contributed by atoms with Gasteiger partial charge in [-0.25, -0.2) is 22.2 Å². The molecule has 0 saturated heterocycles. The number of nitrogens with zero attached hydrogens (tertiary/aromatic N) is 5. The van der Waals surface area contributed by atoms with Gasteiger partial charge in [-0.3, -0.25) is 4.79 Å². The number of hydrogen-bond donors (Lipinski definition) is 1. The van der Waals surface area contributed by atoms with E-state index in [0.29, 0.717) is 16.6 Å². The van der Waals surface area contributed by atoms with E-state index in [0.717, 1.165) is 15.6 Å². The first-order valence-corrected chi connectivity index (χ1v) is 11.4. The van der Waals surface area contributed by atoms with E-state index in [4.69, 9.17) is 0 Å². The highest BCUT2D eigenvalue weighted by Gasteiger charge is 2.22. The molecule has 154 valence electrons. The van der Waals surface area contributed by atoms with Gasteiger partial charge in [-0.05, 0) is 32.2 Å². The number of anilines is 1. The minimum atomic E-state index is -3.69. The fraction of sp³-hybridized carbons (Fsp3) is 0.333. The van der Waals surface area contributed by atoms with Gasteiger partial charge in [-0.15, -0.1) is 5.10 Å². The van der Waals surface area contributed by atoms with Gasteiger partial charge in [0.2, 0.25) is 21.1 Å². The molecule has 1 N–H and O–H groups in total. The van der Waals surface area contributed by atoms with Crippen LogP contribution in [-0.4, -0.2) is 58.6 Å². The first-order valence-electron chi connectivity index (χ1n) is 8.73. The third kappa shape index (κ3) is 4.11. The van der Waals surface area contributed by atoms with Crippen molar-refractivity contribution in [2.24, 2.45) is 0 Å². The van der Waals surface area contributed by atoms with Gasteiger partial charge in [0.1, 0.15) is 4.90 Å². The number of sulfonamides is 1. The van der Waals surface area contributed by atoms with Gasteiger partial charge < -0.3 is 5.32 Å². The number of aryl methyl sites for hydroxylation is 2. The Morgan fingerprint density at radius 2 is 1.90 bits per heavy atom. The molecule has 1 amide bonds. The number of nitrogens with one attached hydrogen (secondary N) is 1. The van der Waals surface area contributed by atoms with E-state index >= 15 is 0 Å². The lowest BCUT2D eigenvalue weighted by atomic mass is 10.1. The highest BCUT2D eigenvalue weighted by Crippen LogP contribution is 2.24. The number of rotatable bonds is 6. The van der Waals surface area contributed by atoms with Crippen molar-refractivity contribution in [2.75, 3.05) is 25.7 Å². The van der Waals surface area contributed by atoms with Crippen LogP contribution in [0.4, 0.5) is 5.69 Å². The van der Waals surface area contributed by atoms with Crippen molar-refractivity contribution in [1.29, 1.82) is 0 Å². The Balaban J connectivity index is 1.91. The molecule has 0 spiro atoms. The Labute approximate surface area is 173 Å². The Kier molecular flexibility index (Phi) is 5.92. The van der Waals surface area contributed by atoms with Crippen LogP contribution < -0.4 is 5.32 Å². The molecule has 0 saturated carbocycles. The van der Waals surface area contributed by atoms with E-state index in [1.165, 1.54) is 31.9 Å². The molecule has 2 heterocycles. The lowest BCUT2D eigenvalue weighted by Gasteiger charge is -2.16. The zero-order valence-corrected chi connectivity index (χ0v) is 18.4. The summed E-state index contributed by atoms with van der Waals surface area (Å²) in [6.45, 7) is 3.67. The molecule has 0 aliphatic rings. The molecule has 1 aromatic carbocycles. The summed E-state index contributed by atoms with van der Waals surface area (Å²) in [7, 11) is -0.796. The Morgan fingerprint density at radius 1 is 1.21 bits per heavy atom. The molecule has 0 fully saturated rings. The highest BCUT2D eigenvalue weighted by molar-refractivity contribution is 7.98. The summed E-state index contributed by atoms with van der Waals surface area (Å²) in [5.41, 5.74) is 2.41. The number of carbonyl (C=O) groups excluding carboxylic acids is 1. The predicted molar refractivity (Wildman–Crippen MR) is 112 cm³/mol. The number of fused-ring (bicyclic) bond motifs is 1. The number of para-hydroxylation sites is 1. The highest BCUT2D eigenvalue weighted by atomic mass is 32.2. The summed E-state index contributed by atoms with van der Waals surface area (Å²) in [5, 5.41) is 7.70. The van der Waals surface area contributed by atoms with E-state index < -0.39 is 10.0 Å². The summed E-state index contributed by atoms with van der Waals surface area (Å²) in [4.78, 5) is 21.5. The average molecular weight is 435 g/mol. The summed E-state index contributed by atoms with van der Waals surface area (Å²) >= 11 is 1.41. The first-order chi connectivity index (χ1) is 13.6. The van der Waals surface area contributed by atoms with Crippen molar-refractivity contribution in [2.45, 2.75) is 30.3 Å². The fourth-order valence-corrected chi connectivity index (χ4v) is 4.26. The minimum absolute atomic E-state index is 0.0331. The summed E-state index contributed by atoms with van der Waals surface area (Å²) in [6.07, 6.45) is 1.91. The molecule has 0 radical (unpaired) electrons. The second-order valence-electron chi connectivity index (χ2n) is 6.58. The van der Waals surface area contributed by atoms with Crippen molar-refractivity contribution >= 4 is 39.2 Å². The van der Waals surface area contributed by atoms with Crippen molar-refractivity contribution in [1.82, 2.24) is 23.9 Å². The van der Waals surface area contributed by atoms with Crippen LogP contribution in [-0.2, 0) is 21.2 Å². The molecule has 0 aliphatic carbocycles. The number of thioether (sulfide) groups is 1. The van der Waals surface area contributed by atoms with Gasteiger partial charge in [0.05, 0.1) is 12.1 Å². The standard InChI is InChI=1S/C18H22N6O3S2/c1-11-13(12(2)24-17(19-11)21-18(22-24)28-5)10-16(25)20-14-8-6-7-9-15(14)29(26,27)23(3)4/h6-9H,10H2,1-5H3,(H,20,25). The van der Waals surface area contributed by atoms with Crippen LogP contribution in [0, 0.1) is 13.8 Å². The van der Waals surface area contributed by atoms with Crippen LogP contribution >= 0.6 is 11.8 Å². The molecular weight excluding hydrogens is 412 g/mol. The van der Waals surface area contributed by atoms with Crippen molar-refractivity contribution in [3.8, 4) is 0 Å². The molecule has 0 aliphatic heterocycles. The molecule has 29 heavy (non-hydrogen) atoms. The normalized spacial score (nSPS) is 11.9. The predicted octanol–water partition coefficient (Wildman–Crippen LogP) is 1.89. The maximum atomic E-state index is 12.7. The van der Waals surface area contributed by atoms with Crippen molar-refractivity contribution in [3.05, 3.63) is 41.2 Å². The van der Waals surface area contributed by atoms with Gasteiger partial charge in [0.25, 0.3) is 5.78 Å². The number of carbonyl (C=O) groups is 1. The summed E-state index contributed by atoms with van der Waals surface area (Å²) in [6, 6.07) is 6.33. The topological polar surface area (TPSA) is 110 Å². The fourth-order valence-electron chi connectivity index (χ4n) is 2.88. The third-order valence-corrected chi connectivity index (χ3v) is 6.88. The first kappa shape index (κ1) is 21.2. The lowest BCUT2D eigenvalue weighted by molar-refractivity contribution is -0.115. The lowest BCUT2D eigenvalue weighted by Crippen LogP contribution is -2.25. The zero-order valence-electron chi connectivity index (χ0n) is 16.8. The maximum absolute atomic E-state index is 12.7. The quantitative estimate of drug-likeness (QED) is 0.590. The van der Waals surface area contributed by atoms with Crippen LogP contribution in [0.1, 0.15) is 17.0 Å². The Bertz CT molecular complexity index is 1190. The van der Waals surface area contributed by atoms with Gasteiger partial charge in [0, 0.05) is 31.0 Å². The number of benzene rings is 1. The smallest absolute Gasteiger partial charge is 0.253 e. The van der Waals surface area contributed by atoms with Crippen molar-refractivity contribution < 1.29 is 13.2 Å². The van der Waals surface area contributed by atoms with E-state index in [9.17, 15) is 13.2 Å². The number of aromatic nitrogens is 4. The average Bonchev–Trinajstić information content (AvgIpc) is 3.08. The van der Waals surface area contributed by atoms with E-state index in [1.54, 1.807) is 22.7 Å². The van der Waals surface area contributed by atoms with E-state index in [-0.39, 0.29) is 22.9 Å². The van der Waals surface area contributed by atoms with E-state index in [2.05, 4.69) is 20.4 Å². The van der Waals surface area contributed by atoms with Gasteiger partial charge in [-0.1, -0.05) is 23.9 Å². The molecule has 3 rings (SSSR count). The zero-order chi connectivity index (χ0) is 21.3. The van der Waals surface area contributed by atoms with Crippen LogP contribution in [0.5, 0.6) is 0 Å². The minimum Gasteiger partial charge on any atom is -0.325 e. The molecule has 3 aromatic rings. The van der Waals surface area contributed by atoms with Gasteiger partial charge in [-0.2, -0.15) is 4.98 Å². The van der Waals surface area contributed by atoms with Crippen LogP contribution in [0.15, 0.2) is 34.3 Å². The van der Waals surface area contributed by atoms with Crippen LogP contribution in [0.2, 0.25) is 0 Å². The SMILES string of the molecule is CSc1nc2nc(C)c(CC(=O)Nc3ccccc3S(=O)(=O)N(C)C)c(C)n2n1. The van der Waals surface area contributed by atoms with Gasteiger partial charge in [0.15, 0.2) is 0 Å². The molecule has 2 aromatic heterocycles. The Hall–Kier alpha value is -2.50. The summed E-state index contributed by atoms with van der Waals surface area (Å²) < 4.78 is 27.8. The monoisotopic (exact) mass is 434 g/mol. The van der Waals surface area contributed by atoms with Crippen molar-refractivity contribution in [3.63, 3.8) is 0 Å². The molecule has 9 nitrogen and oxygen atoms in total. The largest absolute Gasteiger partial charge is 0.325 e. The molecule has 0 unspecified atom stereocenters. The van der Waals surface area contributed by atoms with Crippen LogP contribution in [0.3, 0.4) is 0 Å². The maximum Gasteiger partial charge on any atom is 0.253 e. The molecular formula is C18H22N6O3S2. The molecule has 0 atom stereocenters. The molecule has 0 bridgehead atoms. The summed E-state index contributed by atoms with van der Waals surface area (Å²) in [5.74, 6) is 0.139. The van der Waals surface area contributed by atoms with Gasteiger partial charge >= 0.3 is 0 Å². The van der Waals surface area contributed by atoms with E-state index in [1.807, 2.05) is 20.1 Å². The third-order valence-electron chi connectivity index (χ3n) is 4.47. The number of hydrogen-bond acceptors (Lipinski definition) is 7. The second-order valence-corrected chi connectivity index (χ2v) is 9.47.